The second-order valence-electron chi connectivity index (χ2n) is 6.25. The zero-order chi connectivity index (χ0) is 24.3. The molecular weight excluding hydrogens is 442 g/mol. The second kappa shape index (κ2) is 8.93. The highest BCUT2D eigenvalue weighted by molar-refractivity contribution is 5.96. The van der Waals surface area contributed by atoms with Gasteiger partial charge in [0.1, 0.15) is 0 Å². The molecule has 3 aromatic rings. The average molecular weight is 455 g/mol. The molecule has 1 aromatic heterocycles. The molecule has 0 saturated carbocycles. The van der Waals surface area contributed by atoms with Gasteiger partial charge in [-0.15, -0.1) is 10.2 Å². The molecule has 1 heterocycles. The van der Waals surface area contributed by atoms with Crippen LogP contribution >= 0.6 is 0 Å². The third-order valence-electron chi connectivity index (χ3n) is 4.33. The standard InChI is InChI=1S/C19H13N5O9/c1-33-19(28)14-16(25)15(18(27)22(17(14)26)10-5-3-2-4-6-10)21-20-12-8-7-11(23(29)30)9-13(12)24(31)32/h2-9,25-26H,1H3. The monoisotopic (exact) mass is 455 g/mol. The third kappa shape index (κ3) is 4.20. The molecule has 33 heavy (non-hydrogen) atoms. The number of rotatable bonds is 6. The first kappa shape index (κ1) is 22.5. The van der Waals surface area contributed by atoms with Crippen LogP contribution in [0, 0.1) is 20.2 Å². The molecule has 0 bridgehead atoms. The van der Waals surface area contributed by atoms with Gasteiger partial charge in [-0.3, -0.25) is 25.0 Å². The van der Waals surface area contributed by atoms with Gasteiger partial charge in [0.25, 0.3) is 11.2 Å². The van der Waals surface area contributed by atoms with Gasteiger partial charge in [-0.05, 0) is 18.2 Å². The SMILES string of the molecule is COC(=O)c1c(O)c(N=Nc2ccc([N+](=O)[O-])cc2[N+](=O)[O-])c(=O)n(-c2ccccc2)c1O. The van der Waals surface area contributed by atoms with Gasteiger partial charge in [0, 0.05) is 6.07 Å². The van der Waals surface area contributed by atoms with Crippen LogP contribution in [0.1, 0.15) is 10.4 Å². The lowest BCUT2D eigenvalue weighted by atomic mass is 10.2. The Kier molecular flexibility index (Phi) is 6.10. The lowest BCUT2D eigenvalue weighted by Gasteiger charge is -2.14. The molecule has 0 aliphatic heterocycles. The maximum atomic E-state index is 13.0. The maximum absolute atomic E-state index is 13.0. The van der Waals surface area contributed by atoms with E-state index in [1.807, 2.05) is 0 Å². The van der Waals surface area contributed by atoms with E-state index in [2.05, 4.69) is 15.0 Å². The van der Waals surface area contributed by atoms with E-state index in [1.54, 1.807) is 6.07 Å². The molecule has 14 nitrogen and oxygen atoms in total. The zero-order valence-electron chi connectivity index (χ0n) is 16.6. The van der Waals surface area contributed by atoms with Crippen LogP contribution in [0.5, 0.6) is 11.6 Å². The van der Waals surface area contributed by atoms with Crippen LogP contribution in [0.4, 0.5) is 22.7 Å². The summed E-state index contributed by atoms with van der Waals surface area (Å²) in [5.41, 5.74) is -4.49. The molecule has 168 valence electrons. The van der Waals surface area contributed by atoms with E-state index in [9.17, 15) is 40.0 Å². The lowest BCUT2D eigenvalue weighted by molar-refractivity contribution is -0.393. The minimum Gasteiger partial charge on any atom is -0.504 e. The average Bonchev–Trinajstić information content (AvgIpc) is 2.79. The molecule has 0 amide bonds. The van der Waals surface area contributed by atoms with Crippen molar-refractivity contribution < 1.29 is 29.6 Å². The molecule has 0 radical (unpaired) electrons. The Hall–Kier alpha value is -5.14. The first-order valence-corrected chi connectivity index (χ1v) is 8.86. The number of aromatic hydroxyl groups is 2. The van der Waals surface area contributed by atoms with Crippen molar-refractivity contribution in [3.8, 4) is 17.3 Å². The normalized spacial score (nSPS) is 10.8. The predicted molar refractivity (Wildman–Crippen MR) is 111 cm³/mol. The number of pyridine rings is 1. The Morgan fingerprint density at radius 3 is 2.27 bits per heavy atom. The number of nitrogens with zero attached hydrogens (tertiary/aromatic N) is 5. The molecule has 3 rings (SSSR count). The fourth-order valence-corrected chi connectivity index (χ4v) is 2.80. The summed E-state index contributed by atoms with van der Waals surface area (Å²) in [7, 11) is 0.973. The number of para-hydroxylation sites is 1. The van der Waals surface area contributed by atoms with Crippen molar-refractivity contribution in [2.45, 2.75) is 0 Å². The van der Waals surface area contributed by atoms with Gasteiger partial charge in [-0.2, -0.15) is 0 Å². The number of benzene rings is 2. The van der Waals surface area contributed by atoms with Crippen LogP contribution in [0.2, 0.25) is 0 Å². The van der Waals surface area contributed by atoms with Crippen molar-refractivity contribution in [3.05, 3.63) is 84.7 Å². The van der Waals surface area contributed by atoms with Crippen LogP contribution in [0.25, 0.3) is 5.69 Å². The second-order valence-corrected chi connectivity index (χ2v) is 6.25. The Morgan fingerprint density at radius 1 is 1.03 bits per heavy atom. The van der Waals surface area contributed by atoms with Crippen LogP contribution in [-0.4, -0.2) is 37.7 Å². The van der Waals surface area contributed by atoms with Crippen molar-refractivity contribution in [2.75, 3.05) is 7.11 Å². The minimum atomic E-state index is -1.20. The molecule has 2 aromatic carbocycles. The molecule has 0 spiro atoms. The highest BCUT2D eigenvalue weighted by Gasteiger charge is 2.28. The lowest BCUT2D eigenvalue weighted by Crippen LogP contribution is -2.21. The summed E-state index contributed by atoms with van der Waals surface area (Å²) < 4.78 is 5.19. The molecular formula is C19H13N5O9. The van der Waals surface area contributed by atoms with Crippen LogP contribution in [-0.2, 0) is 4.74 Å². The van der Waals surface area contributed by atoms with E-state index in [4.69, 9.17) is 0 Å². The third-order valence-corrected chi connectivity index (χ3v) is 4.33. The number of methoxy groups -OCH3 is 1. The number of aromatic nitrogens is 1. The number of azo groups is 1. The van der Waals surface area contributed by atoms with E-state index in [0.717, 1.165) is 19.2 Å². The Balaban J connectivity index is 2.27. The van der Waals surface area contributed by atoms with Gasteiger partial charge in [0.2, 0.25) is 5.88 Å². The molecule has 0 atom stereocenters. The van der Waals surface area contributed by atoms with Crippen LogP contribution in [0.15, 0.2) is 63.6 Å². The minimum absolute atomic E-state index is 0.0999. The molecule has 2 N–H and O–H groups in total. The van der Waals surface area contributed by atoms with Crippen molar-refractivity contribution in [1.82, 2.24) is 4.57 Å². The maximum Gasteiger partial charge on any atom is 0.347 e. The van der Waals surface area contributed by atoms with Gasteiger partial charge in [0.15, 0.2) is 22.7 Å². The van der Waals surface area contributed by atoms with Crippen molar-refractivity contribution >= 4 is 28.7 Å². The van der Waals surface area contributed by atoms with Gasteiger partial charge in [-0.1, -0.05) is 18.2 Å². The molecule has 0 aliphatic carbocycles. The van der Waals surface area contributed by atoms with E-state index in [1.165, 1.54) is 24.3 Å². The first-order valence-electron chi connectivity index (χ1n) is 8.86. The number of non-ortho nitro benzene ring substituents is 1. The summed E-state index contributed by atoms with van der Waals surface area (Å²) in [5, 5.41) is 50.2. The Morgan fingerprint density at radius 2 is 1.70 bits per heavy atom. The highest BCUT2D eigenvalue weighted by atomic mass is 16.6. The molecule has 0 saturated heterocycles. The highest BCUT2D eigenvalue weighted by Crippen LogP contribution is 2.37. The summed E-state index contributed by atoms with van der Waals surface area (Å²) in [6.45, 7) is 0. The van der Waals surface area contributed by atoms with E-state index in [0.29, 0.717) is 10.6 Å². The summed E-state index contributed by atoms with van der Waals surface area (Å²) in [6.07, 6.45) is 0. The van der Waals surface area contributed by atoms with Crippen molar-refractivity contribution in [3.63, 3.8) is 0 Å². The molecule has 0 unspecified atom stereocenters. The number of carbonyl (C=O) groups excluding carboxylic acids is 1. The number of esters is 1. The van der Waals surface area contributed by atoms with Crippen molar-refractivity contribution in [2.24, 2.45) is 10.2 Å². The Bertz CT molecular complexity index is 1370. The largest absolute Gasteiger partial charge is 0.504 e. The summed E-state index contributed by atoms with van der Waals surface area (Å²) >= 11 is 0. The summed E-state index contributed by atoms with van der Waals surface area (Å²) in [4.78, 5) is 45.5. The summed E-state index contributed by atoms with van der Waals surface area (Å²) in [5.74, 6) is -3.21. The van der Waals surface area contributed by atoms with Gasteiger partial charge in [0.05, 0.1) is 28.7 Å². The van der Waals surface area contributed by atoms with E-state index < -0.39 is 61.3 Å². The van der Waals surface area contributed by atoms with Crippen LogP contribution < -0.4 is 5.56 Å². The van der Waals surface area contributed by atoms with Gasteiger partial charge >= 0.3 is 11.7 Å². The predicted octanol–water partition coefficient (Wildman–Crippen LogP) is 3.27. The smallest absolute Gasteiger partial charge is 0.347 e. The van der Waals surface area contributed by atoms with Crippen molar-refractivity contribution in [1.29, 1.82) is 0 Å². The number of hydrogen-bond donors (Lipinski definition) is 2. The number of ether oxygens (including phenoxy) is 1. The number of hydrogen-bond acceptors (Lipinski definition) is 11. The first-order chi connectivity index (χ1) is 15.7. The summed E-state index contributed by atoms with van der Waals surface area (Å²) in [6, 6.07) is 10.0. The molecule has 0 aliphatic rings. The number of nitro groups is 2. The number of nitro benzene ring substituents is 2. The van der Waals surface area contributed by atoms with Crippen LogP contribution in [0.3, 0.4) is 0 Å². The molecule has 0 fully saturated rings. The fraction of sp³-hybridized carbons (Fsp3) is 0.0526. The quantitative estimate of drug-likeness (QED) is 0.242. The topological polar surface area (TPSA) is 200 Å². The molecule has 14 heteroatoms. The van der Waals surface area contributed by atoms with E-state index in [-0.39, 0.29) is 5.69 Å². The fourth-order valence-electron chi connectivity index (χ4n) is 2.80. The number of carbonyl (C=O) groups is 1. The van der Waals surface area contributed by atoms with Gasteiger partial charge < -0.3 is 14.9 Å². The Labute approximate surface area is 182 Å². The zero-order valence-corrected chi connectivity index (χ0v) is 16.6. The van der Waals surface area contributed by atoms with Gasteiger partial charge in [-0.25, -0.2) is 9.36 Å². The van der Waals surface area contributed by atoms with E-state index >= 15 is 0 Å².